The molecule has 9 heteroatoms. The summed E-state index contributed by atoms with van der Waals surface area (Å²) < 4.78 is 21.2. The largest absolute Gasteiger partial charge is 0.461 e. The smallest absolute Gasteiger partial charge is 0.284 e. The Hall–Kier alpha value is -2.81. The Balaban J connectivity index is 1.49. The second kappa shape index (κ2) is 5.76. The maximum Gasteiger partial charge on any atom is 0.284 e. The molecule has 0 N–H and O–H groups in total. The van der Waals surface area contributed by atoms with Crippen LogP contribution in [0.3, 0.4) is 0 Å². The monoisotopic (exact) mass is 330 g/mol. The van der Waals surface area contributed by atoms with Crippen molar-refractivity contribution in [2.75, 3.05) is 0 Å². The fourth-order valence-electron chi connectivity index (χ4n) is 1.87. The van der Waals surface area contributed by atoms with E-state index in [1.807, 2.05) is 6.92 Å². The van der Waals surface area contributed by atoms with Crippen molar-refractivity contribution in [1.82, 2.24) is 20.3 Å². The van der Waals surface area contributed by atoms with Crippen LogP contribution < -0.4 is 0 Å². The van der Waals surface area contributed by atoms with Crippen LogP contribution in [0.15, 0.2) is 59.8 Å². The van der Waals surface area contributed by atoms with E-state index in [-0.39, 0.29) is 5.25 Å². The van der Waals surface area contributed by atoms with Gasteiger partial charge in [0.1, 0.15) is 0 Å². The van der Waals surface area contributed by atoms with Crippen LogP contribution in [-0.2, 0) is 0 Å². The van der Waals surface area contributed by atoms with Gasteiger partial charge in [-0.1, -0.05) is 16.9 Å². The first-order valence-electron chi connectivity index (χ1n) is 6.71. The first kappa shape index (κ1) is 13.8. The van der Waals surface area contributed by atoms with Crippen molar-refractivity contribution in [3.05, 3.63) is 42.7 Å². The Bertz CT molecular complexity index is 882. The topological polar surface area (TPSA) is 104 Å². The quantitative estimate of drug-likeness (QED) is 0.505. The molecule has 0 aliphatic rings. The van der Waals surface area contributed by atoms with E-state index >= 15 is 0 Å². The molecular formula is C14H10N4O4S. The SMILES string of the molecule is CC(Sc1nnc(-c2ccco2)o1)c1nc(-c2ccco2)no1. The maximum absolute atomic E-state index is 5.54. The van der Waals surface area contributed by atoms with E-state index in [4.69, 9.17) is 17.8 Å². The fraction of sp³-hybridized carbons (Fsp3) is 0.143. The van der Waals surface area contributed by atoms with Gasteiger partial charge in [-0.3, -0.25) is 0 Å². The van der Waals surface area contributed by atoms with Crippen molar-refractivity contribution in [2.45, 2.75) is 17.4 Å². The number of rotatable bonds is 5. The van der Waals surface area contributed by atoms with Gasteiger partial charge in [-0.15, -0.1) is 10.2 Å². The Morgan fingerprint density at radius 3 is 2.57 bits per heavy atom. The minimum Gasteiger partial charge on any atom is -0.461 e. The molecule has 0 amide bonds. The lowest BCUT2D eigenvalue weighted by atomic mass is 10.4. The summed E-state index contributed by atoms with van der Waals surface area (Å²) in [6.07, 6.45) is 3.10. The number of thioether (sulfide) groups is 1. The molecule has 0 aliphatic heterocycles. The van der Waals surface area contributed by atoms with Crippen LogP contribution in [0.2, 0.25) is 0 Å². The first-order valence-corrected chi connectivity index (χ1v) is 7.59. The molecule has 4 heterocycles. The maximum atomic E-state index is 5.54. The molecule has 0 aromatic carbocycles. The molecule has 0 radical (unpaired) electrons. The van der Waals surface area contributed by atoms with E-state index in [1.54, 1.807) is 36.8 Å². The van der Waals surface area contributed by atoms with Crippen LogP contribution >= 0.6 is 11.8 Å². The second-order valence-corrected chi connectivity index (χ2v) is 5.84. The zero-order valence-corrected chi connectivity index (χ0v) is 12.7. The van der Waals surface area contributed by atoms with E-state index in [0.29, 0.717) is 34.3 Å². The highest BCUT2D eigenvalue weighted by Gasteiger charge is 2.21. The Morgan fingerprint density at radius 2 is 1.83 bits per heavy atom. The summed E-state index contributed by atoms with van der Waals surface area (Å²) >= 11 is 1.32. The van der Waals surface area contributed by atoms with Crippen molar-refractivity contribution in [1.29, 1.82) is 0 Å². The van der Waals surface area contributed by atoms with Gasteiger partial charge in [0.2, 0.25) is 11.7 Å². The van der Waals surface area contributed by atoms with Crippen LogP contribution in [0.25, 0.3) is 23.2 Å². The van der Waals surface area contributed by atoms with Crippen LogP contribution in [-0.4, -0.2) is 20.3 Å². The van der Waals surface area contributed by atoms with Gasteiger partial charge >= 0.3 is 0 Å². The molecule has 4 aromatic heterocycles. The lowest BCUT2D eigenvalue weighted by Gasteiger charge is -2.00. The number of furan rings is 2. The van der Waals surface area contributed by atoms with Gasteiger partial charge in [-0.25, -0.2) is 0 Å². The highest BCUT2D eigenvalue weighted by atomic mass is 32.2. The lowest BCUT2D eigenvalue weighted by molar-refractivity contribution is 0.378. The van der Waals surface area contributed by atoms with Crippen molar-refractivity contribution in [3.63, 3.8) is 0 Å². The average Bonchev–Trinajstić information content (AvgIpc) is 3.30. The van der Waals surface area contributed by atoms with Gasteiger partial charge in [-0.05, 0) is 31.2 Å². The standard InChI is InChI=1S/C14H10N4O4S/c1-8(12-15-11(18-22-12)9-4-2-6-19-9)23-14-17-16-13(21-14)10-5-3-7-20-10/h2-8H,1H3. The van der Waals surface area contributed by atoms with Gasteiger partial charge in [0.15, 0.2) is 11.5 Å². The molecule has 0 spiro atoms. The summed E-state index contributed by atoms with van der Waals surface area (Å²) in [5, 5.41) is 12.0. The van der Waals surface area contributed by atoms with E-state index in [9.17, 15) is 0 Å². The van der Waals surface area contributed by atoms with Crippen molar-refractivity contribution in [3.8, 4) is 23.2 Å². The van der Waals surface area contributed by atoms with Gasteiger partial charge in [0, 0.05) is 0 Å². The highest BCUT2D eigenvalue weighted by molar-refractivity contribution is 7.99. The van der Waals surface area contributed by atoms with Gasteiger partial charge in [-0.2, -0.15) is 4.98 Å². The van der Waals surface area contributed by atoms with Crippen LogP contribution in [0.4, 0.5) is 0 Å². The molecular weight excluding hydrogens is 320 g/mol. The molecule has 116 valence electrons. The summed E-state index contributed by atoms with van der Waals surface area (Å²) in [6.45, 7) is 1.90. The Morgan fingerprint density at radius 1 is 1.04 bits per heavy atom. The molecule has 4 rings (SSSR count). The summed E-state index contributed by atoms with van der Waals surface area (Å²) in [5.74, 6) is 2.25. The normalized spacial score (nSPS) is 12.6. The molecule has 0 saturated heterocycles. The zero-order chi connectivity index (χ0) is 15.6. The molecule has 8 nitrogen and oxygen atoms in total. The first-order chi connectivity index (χ1) is 11.3. The number of aromatic nitrogens is 4. The molecule has 1 unspecified atom stereocenters. The van der Waals surface area contributed by atoms with Gasteiger partial charge in [0.25, 0.3) is 11.1 Å². The predicted molar refractivity (Wildman–Crippen MR) is 78.3 cm³/mol. The molecule has 0 bridgehead atoms. The fourth-order valence-corrected chi connectivity index (χ4v) is 2.58. The molecule has 0 saturated carbocycles. The highest BCUT2D eigenvalue weighted by Crippen LogP contribution is 2.35. The number of nitrogens with zero attached hydrogens (tertiary/aromatic N) is 4. The minimum atomic E-state index is -0.156. The number of hydrogen-bond acceptors (Lipinski definition) is 9. The second-order valence-electron chi connectivity index (χ2n) is 4.54. The van der Waals surface area contributed by atoms with Crippen molar-refractivity contribution >= 4 is 11.8 Å². The molecule has 0 fully saturated rings. The van der Waals surface area contributed by atoms with Gasteiger partial charge in [0.05, 0.1) is 17.8 Å². The molecule has 1 atom stereocenters. The average molecular weight is 330 g/mol. The lowest BCUT2D eigenvalue weighted by Crippen LogP contribution is -1.89. The Kier molecular flexibility index (Phi) is 3.46. The summed E-state index contributed by atoms with van der Waals surface area (Å²) in [5.41, 5.74) is 0. The zero-order valence-electron chi connectivity index (χ0n) is 11.9. The van der Waals surface area contributed by atoms with E-state index < -0.39 is 0 Å². The van der Waals surface area contributed by atoms with E-state index in [2.05, 4.69) is 20.3 Å². The van der Waals surface area contributed by atoms with E-state index in [1.165, 1.54) is 11.8 Å². The van der Waals surface area contributed by atoms with Crippen molar-refractivity contribution in [2.24, 2.45) is 0 Å². The third-order valence-corrected chi connectivity index (χ3v) is 3.87. The Labute approximate surface area is 133 Å². The molecule has 0 aliphatic carbocycles. The summed E-state index contributed by atoms with van der Waals surface area (Å²) in [6, 6.07) is 7.03. The van der Waals surface area contributed by atoms with Gasteiger partial charge < -0.3 is 17.8 Å². The van der Waals surface area contributed by atoms with E-state index in [0.717, 1.165) is 0 Å². The third-order valence-electron chi connectivity index (χ3n) is 2.95. The van der Waals surface area contributed by atoms with Crippen LogP contribution in [0, 0.1) is 0 Å². The predicted octanol–water partition coefficient (Wildman–Crippen LogP) is 3.83. The van der Waals surface area contributed by atoms with Crippen LogP contribution in [0.5, 0.6) is 0 Å². The minimum absolute atomic E-state index is 0.156. The molecule has 4 aromatic rings. The third kappa shape index (κ3) is 2.78. The summed E-state index contributed by atoms with van der Waals surface area (Å²) in [4.78, 5) is 4.30. The number of hydrogen-bond donors (Lipinski definition) is 0. The van der Waals surface area contributed by atoms with Crippen LogP contribution in [0.1, 0.15) is 18.1 Å². The summed E-state index contributed by atoms with van der Waals surface area (Å²) in [7, 11) is 0. The molecule has 23 heavy (non-hydrogen) atoms. The van der Waals surface area contributed by atoms with Crippen molar-refractivity contribution < 1.29 is 17.8 Å².